The molecule has 0 aliphatic carbocycles. The van der Waals surface area contributed by atoms with E-state index in [1.54, 1.807) is 26.0 Å². The summed E-state index contributed by atoms with van der Waals surface area (Å²) in [5.41, 5.74) is -0.559. The SMILES string of the molecule is C[S+]([O-])c1ccc(C2=C(c3cc(F)cc(F)c3)C(=O)C(C)(C)O2)cc1Cl. The minimum absolute atomic E-state index is 0.0786. The normalized spacial score (nSPS) is 17.4. The molecule has 0 N–H and O–H groups in total. The van der Waals surface area contributed by atoms with E-state index in [-0.39, 0.29) is 21.9 Å². The topological polar surface area (TPSA) is 49.4 Å². The fourth-order valence-electron chi connectivity index (χ4n) is 2.80. The van der Waals surface area contributed by atoms with E-state index in [0.717, 1.165) is 18.2 Å². The van der Waals surface area contributed by atoms with Crippen LogP contribution in [0, 0.1) is 11.6 Å². The first-order valence-electron chi connectivity index (χ1n) is 7.68. The highest BCUT2D eigenvalue weighted by molar-refractivity contribution is 7.90. The molecule has 0 amide bonds. The van der Waals surface area contributed by atoms with Crippen LogP contribution >= 0.6 is 11.6 Å². The number of Topliss-reactive ketones (excluding diaryl/α,β-unsaturated/α-hetero) is 1. The summed E-state index contributed by atoms with van der Waals surface area (Å²) in [4.78, 5) is 13.2. The molecule has 2 aromatic carbocycles. The molecule has 1 unspecified atom stereocenters. The van der Waals surface area contributed by atoms with Gasteiger partial charge in [0.25, 0.3) is 0 Å². The number of rotatable bonds is 3. The molecule has 0 saturated heterocycles. The van der Waals surface area contributed by atoms with Crippen LogP contribution in [0.4, 0.5) is 8.78 Å². The predicted molar refractivity (Wildman–Crippen MR) is 97.1 cm³/mol. The highest BCUT2D eigenvalue weighted by Gasteiger charge is 2.43. The van der Waals surface area contributed by atoms with Crippen LogP contribution in [-0.4, -0.2) is 22.2 Å². The van der Waals surface area contributed by atoms with Crippen LogP contribution in [0.25, 0.3) is 11.3 Å². The maximum absolute atomic E-state index is 13.7. The monoisotopic (exact) mass is 396 g/mol. The Kier molecular flexibility index (Phi) is 4.86. The summed E-state index contributed by atoms with van der Waals surface area (Å²) in [6.07, 6.45) is 1.50. The molecule has 1 heterocycles. The predicted octanol–water partition coefficient (Wildman–Crippen LogP) is 4.60. The van der Waals surface area contributed by atoms with Crippen LogP contribution in [0.15, 0.2) is 41.3 Å². The van der Waals surface area contributed by atoms with Crippen LogP contribution in [-0.2, 0) is 20.7 Å². The van der Waals surface area contributed by atoms with E-state index < -0.39 is 34.2 Å². The highest BCUT2D eigenvalue weighted by Crippen LogP contribution is 2.42. The first kappa shape index (κ1) is 18.9. The second-order valence-electron chi connectivity index (χ2n) is 6.40. The van der Waals surface area contributed by atoms with Crippen LogP contribution in [0.2, 0.25) is 5.02 Å². The van der Waals surface area contributed by atoms with Gasteiger partial charge in [-0.25, -0.2) is 8.78 Å². The van der Waals surface area contributed by atoms with Crippen molar-refractivity contribution >= 4 is 39.9 Å². The molecule has 0 radical (unpaired) electrons. The van der Waals surface area contributed by atoms with Gasteiger partial charge in [0.2, 0.25) is 5.78 Å². The minimum atomic E-state index is -1.28. The van der Waals surface area contributed by atoms with Gasteiger partial charge in [-0.2, -0.15) is 0 Å². The number of carbonyl (C=O) groups excluding carboxylic acids is 1. The highest BCUT2D eigenvalue weighted by atomic mass is 35.5. The molecule has 0 aromatic heterocycles. The zero-order valence-electron chi connectivity index (χ0n) is 14.2. The van der Waals surface area contributed by atoms with E-state index >= 15 is 0 Å². The summed E-state index contributed by atoms with van der Waals surface area (Å²) in [6, 6.07) is 7.61. The van der Waals surface area contributed by atoms with Gasteiger partial charge in [-0.15, -0.1) is 0 Å². The van der Waals surface area contributed by atoms with Crippen molar-refractivity contribution < 1.29 is 22.9 Å². The van der Waals surface area contributed by atoms with Gasteiger partial charge in [0.15, 0.2) is 10.5 Å². The third-order valence-electron chi connectivity index (χ3n) is 4.01. The molecule has 1 aliphatic heterocycles. The van der Waals surface area contributed by atoms with Gasteiger partial charge in [0.1, 0.15) is 23.6 Å². The molecule has 1 atom stereocenters. The molecule has 1 aliphatic rings. The summed E-state index contributed by atoms with van der Waals surface area (Å²) in [6.45, 7) is 3.16. The number of halogens is 3. The van der Waals surface area contributed by atoms with Crippen LogP contribution < -0.4 is 0 Å². The molecular formula is C19H15ClF2O3S. The van der Waals surface area contributed by atoms with Gasteiger partial charge < -0.3 is 9.29 Å². The number of hydrogen-bond acceptors (Lipinski definition) is 3. The number of benzene rings is 2. The maximum atomic E-state index is 13.7. The van der Waals surface area contributed by atoms with Crippen molar-refractivity contribution in [3.63, 3.8) is 0 Å². The molecule has 0 saturated carbocycles. The lowest BCUT2D eigenvalue weighted by atomic mass is 9.92. The van der Waals surface area contributed by atoms with Crippen molar-refractivity contribution in [2.24, 2.45) is 0 Å². The lowest BCUT2D eigenvalue weighted by Crippen LogP contribution is -2.29. The molecular weight excluding hydrogens is 382 g/mol. The van der Waals surface area contributed by atoms with Gasteiger partial charge in [-0.05, 0) is 60.9 Å². The molecule has 2 aromatic rings. The van der Waals surface area contributed by atoms with Crippen LogP contribution in [0.1, 0.15) is 25.0 Å². The largest absolute Gasteiger partial charge is 0.612 e. The van der Waals surface area contributed by atoms with Crippen molar-refractivity contribution in [3.8, 4) is 0 Å². The first-order valence-corrected chi connectivity index (χ1v) is 9.61. The van der Waals surface area contributed by atoms with Crippen molar-refractivity contribution in [1.29, 1.82) is 0 Å². The van der Waals surface area contributed by atoms with Crippen LogP contribution in [0.5, 0.6) is 0 Å². The molecule has 136 valence electrons. The van der Waals surface area contributed by atoms with E-state index in [9.17, 15) is 18.1 Å². The van der Waals surface area contributed by atoms with Crippen molar-refractivity contribution in [2.75, 3.05) is 6.26 Å². The van der Waals surface area contributed by atoms with Gasteiger partial charge >= 0.3 is 0 Å². The van der Waals surface area contributed by atoms with E-state index in [0.29, 0.717) is 10.5 Å². The minimum Gasteiger partial charge on any atom is -0.612 e. The summed E-state index contributed by atoms with van der Waals surface area (Å²) in [5.74, 6) is -1.80. The zero-order chi connectivity index (χ0) is 19.2. The summed E-state index contributed by atoms with van der Waals surface area (Å²) < 4.78 is 44.8. The van der Waals surface area contributed by atoms with E-state index in [4.69, 9.17) is 16.3 Å². The third-order valence-corrected chi connectivity index (χ3v) is 5.41. The Hall–Kier alpha value is -1.89. The molecule has 7 heteroatoms. The summed E-state index contributed by atoms with van der Waals surface area (Å²) >= 11 is 4.90. The Labute approximate surface area is 157 Å². The average Bonchev–Trinajstić information content (AvgIpc) is 2.76. The molecule has 3 nitrogen and oxygen atoms in total. The van der Waals surface area contributed by atoms with Gasteiger partial charge in [-0.1, -0.05) is 11.6 Å². The van der Waals surface area contributed by atoms with E-state index in [1.807, 2.05) is 0 Å². The number of ether oxygens (including phenoxy) is 1. The summed E-state index contributed by atoms with van der Waals surface area (Å²) in [7, 11) is 0. The fourth-order valence-corrected chi connectivity index (χ4v) is 3.90. The van der Waals surface area contributed by atoms with E-state index in [1.165, 1.54) is 12.3 Å². The molecule has 0 bridgehead atoms. The smallest absolute Gasteiger partial charge is 0.210 e. The summed E-state index contributed by atoms with van der Waals surface area (Å²) in [5, 5.41) is 0.251. The van der Waals surface area contributed by atoms with Crippen molar-refractivity contribution in [2.45, 2.75) is 24.3 Å². The van der Waals surface area contributed by atoms with Gasteiger partial charge in [-0.3, -0.25) is 4.79 Å². The number of carbonyl (C=O) groups is 1. The van der Waals surface area contributed by atoms with Gasteiger partial charge in [0, 0.05) is 11.6 Å². The maximum Gasteiger partial charge on any atom is 0.210 e. The Morgan fingerprint density at radius 2 is 1.69 bits per heavy atom. The standard InChI is InChI=1S/C19H15ClF2O3S/c1-19(2)18(23)16(11-6-12(21)9-13(22)7-11)17(25-19)10-4-5-15(26(3)24)14(20)8-10/h4-9H,1-3H3. The third kappa shape index (κ3) is 3.37. The fraction of sp³-hybridized carbons (Fsp3) is 0.211. The Morgan fingerprint density at radius 3 is 2.23 bits per heavy atom. The van der Waals surface area contributed by atoms with E-state index in [2.05, 4.69) is 0 Å². The Balaban J connectivity index is 2.22. The second kappa shape index (κ2) is 6.68. The number of ketones is 1. The first-order chi connectivity index (χ1) is 12.1. The average molecular weight is 397 g/mol. The lowest BCUT2D eigenvalue weighted by Gasteiger charge is -2.18. The quantitative estimate of drug-likeness (QED) is 0.712. The molecule has 26 heavy (non-hydrogen) atoms. The Morgan fingerprint density at radius 1 is 1.08 bits per heavy atom. The zero-order valence-corrected chi connectivity index (χ0v) is 15.8. The van der Waals surface area contributed by atoms with Crippen LogP contribution in [0.3, 0.4) is 0 Å². The second-order valence-corrected chi connectivity index (χ2v) is 8.16. The molecule has 0 fully saturated rings. The van der Waals surface area contributed by atoms with Gasteiger partial charge in [0.05, 0.1) is 10.6 Å². The van der Waals surface area contributed by atoms with Crippen molar-refractivity contribution in [1.82, 2.24) is 0 Å². The number of hydrogen-bond donors (Lipinski definition) is 0. The van der Waals surface area contributed by atoms with Crippen molar-refractivity contribution in [3.05, 3.63) is 64.2 Å². The molecule has 3 rings (SSSR count). The molecule has 0 spiro atoms. The Bertz CT molecular complexity index is 918. The lowest BCUT2D eigenvalue weighted by molar-refractivity contribution is -0.125.